The molecular formula is C16H19N3O2. The van der Waals surface area contributed by atoms with E-state index in [0.717, 1.165) is 16.8 Å². The zero-order valence-electron chi connectivity index (χ0n) is 12.1. The van der Waals surface area contributed by atoms with Gasteiger partial charge in [-0.25, -0.2) is 4.79 Å². The van der Waals surface area contributed by atoms with E-state index >= 15 is 0 Å². The van der Waals surface area contributed by atoms with Crippen LogP contribution in [0.15, 0.2) is 42.5 Å². The SMILES string of the molecule is Cc1cc(O)ccc1NC(C)c1ccc(NC(N)=O)cc1. The molecule has 0 radical (unpaired) electrons. The van der Waals surface area contributed by atoms with Crippen molar-refractivity contribution in [3.63, 3.8) is 0 Å². The fourth-order valence-corrected chi connectivity index (χ4v) is 2.12. The molecule has 2 amide bonds. The molecule has 21 heavy (non-hydrogen) atoms. The summed E-state index contributed by atoms with van der Waals surface area (Å²) in [6.45, 7) is 3.98. The molecule has 0 saturated heterocycles. The number of anilines is 2. The molecule has 1 unspecified atom stereocenters. The lowest BCUT2D eigenvalue weighted by Crippen LogP contribution is -2.19. The number of phenolic OH excluding ortho intramolecular Hbond substituents is 1. The highest BCUT2D eigenvalue weighted by molar-refractivity contribution is 5.87. The first kappa shape index (κ1) is 14.7. The smallest absolute Gasteiger partial charge is 0.316 e. The quantitative estimate of drug-likeness (QED) is 0.649. The van der Waals surface area contributed by atoms with E-state index in [9.17, 15) is 9.90 Å². The zero-order chi connectivity index (χ0) is 15.4. The second kappa shape index (κ2) is 6.17. The molecule has 0 bridgehead atoms. The van der Waals surface area contributed by atoms with Gasteiger partial charge in [0.05, 0.1) is 0 Å². The Morgan fingerprint density at radius 2 is 1.86 bits per heavy atom. The highest BCUT2D eigenvalue weighted by atomic mass is 16.3. The number of carbonyl (C=O) groups is 1. The summed E-state index contributed by atoms with van der Waals surface area (Å²) in [4.78, 5) is 10.8. The number of hydrogen-bond donors (Lipinski definition) is 4. The van der Waals surface area contributed by atoms with Gasteiger partial charge in [-0.05, 0) is 55.3 Å². The maximum absolute atomic E-state index is 10.8. The van der Waals surface area contributed by atoms with Crippen molar-refractivity contribution in [3.8, 4) is 5.75 Å². The summed E-state index contributed by atoms with van der Waals surface area (Å²) >= 11 is 0. The third-order valence-corrected chi connectivity index (χ3v) is 3.26. The van der Waals surface area contributed by atoms with E-state index in [4.69, 9.17) is 5.73 Å². The molecule has 0 aliphatic rings. The molecule has 5 heteroatoms. The Hall–Kier alpha value is -2.69. The number of rotatable bonds is 4. The van der Waals surface area contributed by atoms with E-state index in [1.807, 2.05) is 44.2 Å². The molecule has 0 spiro atoms. The Morgan fingerprint density at radius 1 is 1.19 bits per heavy atom. The van der Waals surface area contributed by atoms with E-state index in [-0.39, 0.29) is 11.8 Å². The van der Waals surface area contributed by atoms with Crippen molar-refractivity contribution in [2.75, 3.05) is 10.6 Å². The van der Waals surface area contributed by atoms with Gasteiger partial charge in [-0.2, -0.15) is 0 Å². The lowest BCUT2D eigenvalue weighted by molar-refractivity contribution is 0.259. The number of nitrogens with one attached hydrogen (secondary N) is 2. The Kier molecular flexibility index (Phi) is 4.33. The number of hydrogen-bond acceptors (Lipinski definition) is 3. The van der Waals surface area contributed by atoms with E-state index in [1.54, 1.807) is 12.1 Å². The second-order valence-electron chi connectivity index (χ2n) is 4.98. The molecule has 0 saturated carbocycles. The van der Waals surface area contributed by atoms with Crippen molar-refractivity contribution in [1.29, 1.82) is 0 Å². The van der Waals surface area contributed by atoms with Gasteiger partial charge in [-0.1, -0.05) is 12.1 Å². The van der Waals surface area contributed by atoms with E-state index in [1.165, 1.54) is 0 Å². The monoisotopic (exact) mass is 285 g/mol. The van der Waals surface area contributed by atoms with Crippen LogP contribution in [-0.2, 0) is 0 Å². The van der Waals surface area contributed by atoms with Crippen molar-refractivity contribution >= 4 is 17.4 Å². The predicted molar refractivity (Wildman–Crippen MR) is 84.5 cm³/mol. The van der Waals surface area contributed by atoms with Gasteiger partial charge in [-0.3, -0.25) is 0 Å². The topological polar surface area (TPSA) is 87.4 Å². The normalized spacial score (nSPS) is 11.7. The Balaban J connectivity index is 2.09. The van der Waals surface area contributed by atoms with Gasteiger partial charge in [0, 0.05) is 17.4 Å². The summed E-state index contributed by atoms with van der Waals surface area (Å²) in [5, 5.41) is 15.3. The van der Waals surface area contributed by atoms with Crippen LogP contribution < -0.4 is 16.4 Å². The largest absolute Gasteiger partial charge is 0.508 e. The van der Waals surface area contributed by atoms with Gasteiger partial charge < -0.3 is 21.5 Å². The fourth-order valence-electron chi connectivity index (χ4n) is 2.12. The summed E-state index contributed by atoms with van der Waals surface area (Å²) in [5.41, 5.74) is 8.77. The lowest BCUT2D eigenvalue weighted by atomic mass is 10.1. The van der Waals surface area contributed by atoms with Crippen LogP contribution in [0.2, 0.25) is 0 Å². The van der Waals surface area contributed by atoms with Crippen LogP contribution in [-0.4, -0.2) is 11.1 Å². The summed E-state index contributed by atoms with van der Waals surface area (Å²) in [7, 11) is 0. The van der Waals surface area contributed by atoms with Crippen LogP contribution in [0, 0.1) is 6.92 Å². The zero-order valence-corrected chi connectivity index (χ0v) is 12.1. The van der Waals surface area contributed by atoms with Crippen LogP contribution in [0.3, 0.4) is 0 Å². The molecule has 2 aromatic carbocycles. The van der Waals surface area contributed by atoms with Gasteiger partial charge in [-0.15, -0.1) is 0 Å². The first-order chi connectivity index (χ1) is 9.95. The molecule has 0 aliphatic heterocycles. The summed E-state index contributed by atoms with van der Waals surface area (Å²) in [5.74, 6) is 0.257. The molecule has 1 atom stereocenters. The average Bonchev–Trinajstić information content (AvgIpc) is 2.42. The molecule has 110 valence electrons. The molecule has 0 aliphatic carbocycles. The van der Waals surface area contributed by atoms with Crippen molar-refractivity contribution in [2.24, 2.45) is 5.73 Å². The highest BCUT2D eigenvalue weighted by Gasteiger charge is 2.07. The van der Waals surface area contributed by atoms with Crippen LogP contribution in [0.25, 0.3) is 0 Å². The van der Waals surface area contributed by atoms with Gasteiger partial charge in [0.15, 0.2) is 0 Å². The first-order valence-electron chi connectivity index (χ1n) is 6.68. The maximum Gasteiger partial charge on any atom is 0.316 e. The van der Waals surface area contributed by atoms with Gasteiger partial charge in [0.2, 0.25) is 0 Å². The Labute approximate surface area is 123 Å². The number of amides is 2. The third-order valence-electron chi connectivity index (χ3n) is 3.26. The van der Waals surface area contributed by atoms with Crippen LogP contribution in [0.4, 0.5) is 16.2 Å². The number of nitrogens with two attached hydrogens (primary N) is 1. The van der Waals surface area contributed by atoms with Crippen molar-refractivity contribution < 1.29 is 9.90 Å². The highest BCUT2D eigenvalue weighted by Crippen LogP contribution is 2.25. The fraction of sp³-hybridized carbons (Fsp3) is 0.188. The molecule has 2 aromatic rings. The number of urea groups is 1. The molecule has 0 aromatic heterocycles. The predicted octanol–water partition coefficient (Wildman–Crippen LogP) is 3.36. The second-order valence-corrected chi connectivity index (χ2v) is 4.98. The molecule has 2 rings (SSSR count). The van der Waals surface area contributed by atoms with E-state index in [0.29, 0.717) is 5.69 Å². The number of aryl methyl sites for hydroxylation is 1. The maximum atomic E-state index is 10.8. The van der Waals surface area contributed by atoms with Gasteiger partial charge in [0.25, 0.3) is 0 Å². The summed E-state index contributed by atoms with van der Waals surface area (Å²) in [6.07, 6.45) is 0. The molecule has 5 nitrogen and oxygen atoms in total. The van der Waals surface area contributed by atoms with Crippen molar-refractivity contribution in [1.82, 2.24) is 0 Å². The van der Waals surface area contributed by atoms with Crippen molar-refractivity contribution in [3.05, 3.63) is 53.6 Å². The summed E-state index contributed by atoms with van der Waals surface area (Å²) in [6, 6.07) is 12.2. The van der Waals surface area contributed by atoms with Gasteiger partial charge in [0.1, 0.15) is 5.75 Å². The molecular weight excluding hydrogens is 266 g/mol. The lowest BCUT2D eigenvalue weighted by Gasteiger charge is -2.18. The number of aromatic hydroxyl groups is 1. The number of primary amides is 1. The number of phenols is 1. The van der Waals surface area contributed by atoms with Gasteiger partial charge >= 0.3 is 6.03 Å². The standard InChI is InChI=1S/C16H19N3O2/c1-10-9-14(20)7-8-15(10)18-11(2)12-3-5-13(6-4-12)19-16(17)21/h3-9,11,18,20H,1-2H3,(H3,17,19,21). The third kappa shape index (κ3) is 3.89. The molecule has 5 N–H and O–H groups in total. The minimum absolute atomic E-state index is 0.0934. The number of carbonyl (C=O) groups excluding carboxylic acids is 1. The van der Waals surface area contributed by atoms with Crippen LogP contribution in [0.1, 0.15) is 24.1 Å². The first-order valence-corrected chi connectivity index (χ1v) is 6.68. The van der Waals surface area contributed by atoms with Crippen LogP contribution >= 0.6 is 0 Å². The Bertz CT molecular complexity index is 638. The van der Waals surface area contributed by atoms with Crippen LogP contribution in [0.5, 0.6) is 5.75 Å². The number of benzene rings is 2. The van der Waals surface area contributed by atoms with Crippen molar-refractivity contribution in [2.45, 2.75) is 19.9 Å². The average molecular weight is 285 g/mol. The summed E-state index contributed by atoms with van der Waals surface area (Å²) < 4.78 is 0. The Morgan fingerprint density at radius 3 is 2.43 bits per heavy atom. The molecule has 0 heterocycles. The molecule has 0 fully saturated rings. The van der Waals surface area contributed by atoms with E-state index < -0.39 is 6.03 Å². The minimum Gasteiger partial charge on any atom is -0.508 e. The minimum atomic E-state index is -0.575. The van der Waals surface area contributed by atoms with E-state index in [2.05, 4.69) is 10.6 Å².